The Morgan fingerprint density at radius 3 is 2.88 bits per heavy atom. The van der Waals surface area contributed by atoms with Gasteiger partial charge in [-0.05, 0) is 45.6 Å². The van der Waals surface area contributed by atoms with Crippen LogP contribution in [0.3, 0.4) is 0 Å². The lowest BCUT2D eigenvalue weighted by atomic mass is 10.0. The molecule has 0 saturated heterocycles. The van der Waals surface area contributed by atoms with Crippen LogP contribution >= 0.6 is 0 Å². The Morgan fingerprint density at radius 1 is 1.38 bits per heavy atom. The van der Waals surface area contributed by atoms with Crippen LogP contribution in [-0.2, 0) is 6.42 Å². The third-order valence-electron chi connectivity index (χ3n) is 4.03. The summed E-state index contributed by atoms with van der Waals surface area (Å²) in [6.07, 6.45) is 7.53. The van der Waals surface area contributed by atoms with Crippen molar-refractivity contribution in [3.8, 4) is 0 Å². The molecule has 2 N–H and O–H groups in total. The second-order valence-electron chi connectivity index (χ2n) is 5.27. The van der Waals surface area contributed by atoms with E-state index in [1.807, 2.05) is 0 Å². The topological polar surface area (TPSA) is 43.8 Å². The maximum Gasteiger partial charge on any atom is 0.109 e. The number of imidazole rings is 1. The molecular formula is C13H21N3. The van der Waals surface area contributed by atoms with Crippen molar-refractivity contribution in [2.75, 3.05) is 6.54 Å². The zero-order valence-electron chi connectivity index (χ0n) is 10.1. The zero-order valence-corrected chi connectivity index (χ0v) is 10.1. The standard InChI is InChI=1S/C13H21N3/c1-9-13(10-5-6-10)15-12-4-2-3-11(7-8-14)16(9)12/h10-11H,2-8,14H2,1H3. The van der Waals surface area contributed by atoms with Gasteiger partial charge < -0.3 is 10.3 Å². The zero-order chi connectivity index (χ0) is 11.1. The lowest BCUT2D eigenvalue weighted by Gasteiger charge is -2.26. The highest BCUT2D eigenvalue weighted by Crippen LogP contribution is 2.43. The summed E-state index contributed by atoms with van der Waals surface area (Å²) in [6.45, 7) is 3.04. The van der Waals surface area contributed by atoms with Gasteiger partial charge in [0.05, 0.1) is 5.69 Å². The summed E-state index contributed by atoms with van der Waals surface area (Å²) in [7, 11) is 0. The summed E-state index contributed by atoms with van der Waals surface area (Å²) in [5, 5.41) is 0. The Hall–Kier alpha value is -0.830. The maximum atomic E-state index is 5.71. The Morgan fingerprint density at radius 2 is 2.19 bits per heavy atom. The van der Waals surface area contributed by atoms with Crippen LogP contribution in [-0.4, -0.2) is 16.1 Å². The number of aromatic nitrogens is 2. The third-order valence-corrected chi connectivity index (χ3v) is 4.03. The number of nitrogens with two attached hydrogens (primary N) is 1. The van der Waals surface area contributed by atoms with E-state index in [1.54, 1.807) is 0 Å². The monoisotopic (exact) mass is 219 g/mol. The molecular weight excluding hydrogens is 198 g/mol. The minimum absolute atomic E-state index is 0.619. The molecule has 0 bridgehead atoms. The Bertz CT molecular complexity index is 390. The summed E-state index contributed by atoms with van der Waals surface area (Å²) < 4.78 is 2.49. The van der Waals surface area contributed by atoms with Crippen molar-refractivity contribution >= 4 is 0 Å². The summed E-state index contributed by atoms with van der Waals surface area (Å²) in [6, 6.07) is 0.619. The lowest BCUT2D eigenvalue weighted by Crippen LogP contribution is -2.21. The van der Waals surface area contributed by atoms with Gasteiger partial charge in [0.2, 0.25) is 0 Å². The van der Waals surface area contributed by atoms with Crippen molar-refractivity contribution in [3.63, 3.8) is 0 Å². The van der Waals surface area contributed by atoms with Crippen LogP contribution in [0.1, 0.15) is 61.3 Å². The molecule has 1 aliphatic carbocycles. The molecule has 1 unspecified atom stereocenters. The van der Waals surface area contributed by atoms with Crippen molar-refractivity contribution in [3.05, 3.63) is 17.2 Å². The van der Waals surface area contributed by atoms with Crippen LogP contribution in [0.5, 0.6) is 0 Å². The van der Waals surface area contributed by atoms with E-state index in [1.165, 1.54) is 42.9 Å². The number of hydrogen-bond donors (Lipinski definition) is 1. The molecule has 1 atom stereocenters. The SMILES string of the molecule is Cc1c(C2CC2)nc2n1C(CCN)CCC2. The minimum atomic E-state index is 0.619. The van der Waals surface area contributed by atoms with Gasteiger partial charge in [0.25, 0.3) is 0 Å². The highest BCUT2D eigenvalue weighted by Gasteiger charge is 2.32. The fourth-order valence-corrected chi connectivity index (χ4v) is 3.09. The van der Waals surface area contributed by atoms with E-state index in [0.717, 1.165) is 25.3 Å². The first kappa shape index (κ1) is 10.3. The Kier molecular flexibility index (Phi) is 2.51. The van der Waals surface area contributed by atoms with E-state index in [4.69, 9.17) is 10.7 Å². The average molecular weight is 219 g/mol. The Balaban J connectivity index is 1.98. The molecule has 2 heterocycles. The Labute approximate surface area is 97.0 Å². The average Bonchev–Trinajstić information content (AvgIpc) is 3.05. The van der Waals surface area contributed by atoms with Gasteiger partial charge in [-0.1, -0.05) is 0 Å². The molecule has 3 nitrogen and oxygen atoms in total. The highest BCUT2D eigenvalue weighted by atomic mass is 15.1. The summed E-state index contributed by atoms with van der Waals surface area (Å²) in [5.41, 5.74) is 8.53. The van der Waals surface area contributed by atoms with Gasteiger partial charge in [-0.3, -0.25) is 0 Å². The van der Waals surface area contributed by atoms with Gasteiger partial charge in [-0.2, -0.15) is 0 Å². The molecule has 3 heteroatoms. The van der Waals surface area contributed by atoms with Gasteiger partial charge in [0, 0.05) is 24.1 Å². The molecule has 2 aliphatic rings. The quantitative estimate of drug-likeness (QED) is 0.847. The molecule has 1 aromatic heterocycles. The second-order valence-corrected chi connectivity index (χ2v) is 5.27. The van der Waals surface area contributed by atoms with Crippen LogP contribution in [0.15, 0.2) is 0 Å². The fourth-order valence-electron chi connectivity index (χ4n) is 3.09. The maximum absolute atomic E-state index is 5.71. The number of nitrogens with zero attached hydrogens (tertiary/aromatic N) is 2. The number of fused-ring (bicyclic) bond motifs is 1. The lowest BCUT2D eigenvalue weighted by molar-refractivity contribution is 0.373. The van der Waals surface area contributed by atoms with E-state index in [0.29, 0.717) is 6.04 Å². The molecule has 1 fully saturated rings. The largest absolute Gasteiger partial charge is 0.330 e. The highest BCUT2D eigenvalue weighted by molar-refractivity contribution is 5.25. The molecule has 88 valence electrons. The van der Waals surface area contributed by atoms with Crippen molar-refractivity contribution in [2.24, 2.45) is 5.73 Å². The summed E-state index contributed by atoms with van der Waals surface area (Å²) >= 11 is 0. The first-order valence-electron chi connectivity index (χ1n) is 6.59. The normalized spacial score (nSPS) is 24.5. The predicted molar refractivity (Wildman–Crippen MR) is 64.6 cm³/mol. The molecule has 3 rings (SSSR count). The predicted octanol–water partition coefficient (Wildman–Crippen LogP) is 2.30. The molecule has 1 saturated carbocycles. The minimum Gasteiger partial charge on any atom is -0.330 e. The first-order chi connectivity index (χ1) is 7.81. The van der Waals surface area contributed by atoms with Gasteiger partial charge >= 0.3 is 0 Å². The molecule has 16 heavy (non-hydrogen) atoms. The molecule has 1 aliphatic heterocycles. The molecule has 1 aromatic rings. The third kappa shape index (κ3) is 1.58. The van der Waals surface area contributed by atoms with E-state index in [2.05, 4.69) is 11.5 Å². The van der Waals surface area contributed by atoms with E-state index in [-0.39, 0.29) is 0 Å². The van der Waals surface area contributed by atoms with Crippen molar-refractivity contribution in [1.82, 2.24) is 9.55 Å². The molecule has 0 spiro atoms. The van der Waals surface area contributed by atoms with Crippen LogP contribution in [0, 0.1) is 6.92 Å². The number of hydrogen-bond acceptors (Lipinski definition) is 2. The molecule has 0 radical (unpaired) electrons. The molecule has 0 aromatic carbocycles. The van der Waals surface area contributed by atoms with Crippen LogP contribution in [0.25, 0.3) is 0 Å². The smallest absolute Gasteiger partial charge is 0.109 e. The van der Waals surface area contributed by atoms with Crippen LogP contribution in [0.2, 0.25) is 0 Å². The molecule has 0 amide bonds. The van der Waals surface area contributed by atoms with Crippen molar-refractivity contribution in [1.29, 1.82) is 0 Å². The number of rotatable bonds is 3. The first-order valence-corrected chi connectivity index (χ1v) is 6.59. The summed E-state index contributed by atoms with van der Waals surface area (Å²) in [4.78, 5) is 4.87. The van der Waals surface area contributed by atoms with Gasteiger partial charge in [0.1, 0.15) is 5.82 Å². The summed E-state index contributed by atoms with van der Waals surface area (Å²) in [5.74, 6) is 2.10. The van der Waals surface area contributed by atoms with Gasteiger partial charge in [-0.15, -0.1) is 0 Å². The van der Waals surface area contributed by atoms with Crippen LogP contribution in [0.4, 0.5) is 0 Å². The van der Waals surface area contributed by atoms with Crippen molar-refractivity contribution in [2.45, 2.75) is 57.4 Å². The van der Waals surface area contributed by atoms with Crippen molar-refractivity contribution < 1.29 is 0 Å². The van der Waals surface area contributed by atoms with E-state index in [9.17, 15) is 0 Å². The number of aryl methyl sites for hydroxylation is 1. The van der Waals surface area contributed by atoms with E-state index >= 15 is 0 Å². The van der Waals surface area contributed by atoms with E-state index < -0.39 is 0 Å². The second kappa shape index (κ2) is 3.88. The van der Waals surface area contributed by atoms with Gasteiger partial charge in [0.15, 0.2) is 0 Å². The van der Waals surface area contributed by atoms with Crippen LogP contribution < -0.4 is 5.73 Å². The van der Waals surface area contributed by atoms with Gasteiger partial charge in [-0.25, -0.2) is 4.98 Å². The fraction of sp³-hybridized carbons (Fsp3) is 0.769.